The molecule has 1 atom stereocenters. The van der Waals surface area contributed by atoms with Gasteiger partial charge in [0.05, 0.1) is 0 Å². The Hall–Kier alpha value is -1.04. The smallest absolute Gasteiger partial charge is 0.215 e. The Bertz CT molecular complexity index is 451. The van der Waals surface area contributed by atoms with Gasteiger partial charge in [0.2, 0.25) is 7.50 Å². The number of hydrogen-bond acceptors (Lipinski definition) is 1. The topological polar surface area (TPSA) is 9.23 Å². The van der Waals surface area contributed by atoms with Crippen molar-refractivity contribution < 1.29 is 4.52 Å². The number of allylic oxidation sites excluding steroid dienone is 4. The van der Waals surface area contributed by atoms with Crippen molar-refractivity contribution in [2.75, 3.05) is 0 Å². The predicted octanol–water partition coefficient (Wildman–Crippen LogP) is 4.71. The van der Waals surface area contributed by atoms with Crippen LogP contribution in [-0.4, -0.2) is 0 Å². The Morgan fingerprint density at radius 3 is 2.60 bits per heavy atom. The van der Waals surface area contributed by atoms with E-state index in [0.29, 0.717) is 0 Å². The van der Waals surface area contributed by atoms with Gasteiger partial charge in [-0.15, -0.1) is 0 Å². The van der Waals surface area contributed by atoms with Gasteiger partial charge < -0.3 is 4.52 Å². The third kappa shape index (κ3) is 1.73. The zero-order chi connectivity index (χ0) is 10.8. The molecule has 0 aliphatic carbocycles. The van der Waals surface area contributed by atoms with Gasteiger partial charge >= 0.3 is 0 Å². The lowest BCUT2D eigenvalue weighted by Gasteiger charge is -2.23. The molecule has 0 N–H and O–H groups in total. The molecule has 1 heterocycles. The Morgan fingerprint density at radius 2 is 1.93 bits per heavy atom. The molecule has 0 aromatic heterocycles. The minimum Gasteiger partial charge on any atom is -0.453 e. The largest absolute Gasteiger partial charge is 0.453 e. The van der Waals surface area contributed by atoms with Gasteiger partial charge in [0, 0.05) is 10.9 Å². The van der Waals surface area contributed by atoms with Gasteiger partial charge in [-0.2, -0.15) is 0 Å². The lowest BCUT2D eigenvalue weighted by Crippen LogP contribution is -1.98. The second-order valence-corrected chi connectivity index (χ2v) is 5.11. The van der Waals surface area contributed by atoms with E-state index in [1.807, 2.05) is 24.3 Å². The van der Waals surface area contributed by atoms with Gasteiger partial charge in [-0.3, -0.25) is 0 Å². The minimum atomic E-state index is -1.12. The third-order valence-corrected chi connectivity index (χ3v) is 4.13. The summed E-state index contributed by atoms with van der Waals surface area (Å²) in [4.78, 5) is 0. The molecule has 0 radical (unpaired) electrons. The first-order valence-corrected chi connectivity index (χ1v) is 6.67. The summed E-state index contributed by atoms with van der Waals surface area (Å²) in [6.45, 7) is 7.56. The summed E-state index contributed by atoms with van der Waals surface area (Å²) in [5, 5.41) is 0.931. The molecule has 3 heteroatoms. The summed E-state index contributed by atoms with van der Waals surface area (Å²) in [5.74, 6) is 0.819. The van der Waals surface area contributed by atoms with E-state index in [1.54, 1.807) is 12.2 Å². The normalized spacial score (nSPS) is 19.1. The zero-order valence-corrected chi connectivity index (χ0v) is 9.76. The maximum atomic E-state index is 6.15. The number of hydrogen-bond donors (Lipinski definition) is 0. The molecule has 0 spiro atoms. The number of halogens is 1. The van der Waals surface area contributed by atoms with Crippen molar-refractivity contribution in [1.82, 2.24) is 0 Å². The van der Waals surface area contributed by atoms with Crippen LogP contribution in [0.1, 0.15) is 5.56 Å². The number of rotatable bonds is 2. The molecule has 1 aliphatic rings. The highest BCUT2D eigenvalue weighted by Crippen LogP contribution is 2.58. The van der Waals surface area contributed by atoms with Gasteiger partial charge in [0.15, 0.2) is 0 Å². The van der Waals surface area contributed by atoms with Crippen molar-refractivity contribution in [3.63, 3.8) is 0 Å². The molecule has 1 aliphatic heterocycles. The highest BCUT2D eigenvalue weighted by molar-refractivity contribution is 7.84. The fraction of sp³-hybridized carbons (Fsp3) is 0. The molecule has 0 bridgehead atoms. The van der Waals surface area contributed by atoms with Crippen LogP contribution in [-0.2, 0) is 0 Å². The van der Waals surface area contributed by atoms with E-state index in [2.05, 4.69) is 13.2 Å². The number of para-hydroxylation sites is 1. The van der Waals surface area contributed by atoms with Gasteiger partial charge in [0.1, 0.15) is 5.75 Å². The van der Waals surface area contributed by atoms with E-state index < -0.39 is 7.50 Å². The second kappa shape index (κ2) is 4.22. The highest BCUT2D eigenvalue weighted by Gasteiger charge is 2.24. The number of benzene rings is 1. The molecule has 1 nitrogen and oxygen atoms in total. The third-order valence-electron chi connectivity index (χ3n) is 2.22. The van der Waals surface area contributed by atoms with Crippen LogP contribution < -0.4 is 4.52 Å². The summed E-state index contributed by atoms with van der Waals surface area (Å²) in [5.41, 5.74) is 2.05. The molecule has 0 saturated carbocycles. The van der Waals surface area contributed by atoms with E-state index in [9.17, 15) is 0 Å². The lowest BCUT2D eigenvalue weighted by molar-refractivity contribution is 0.626. The first-order chi connectivity index (χ1) is 7.27. The molecular weight excluding hydrogens is 227 g/mol. The monoisotopic (exact) mass is 236 g/mol. The highest BCUT2D eigenvalue weighted by atomic mass is 35.7. The minimum absolute atomic E-state index is 0.819. The van der Waals surface area contributed by atoms with Crippen LogP contribution in [0.2, 0.25) is 0 Å². The standard InChI is InChI=1S/C12H10ClOP/c1-3-9-10-7-5-6-8-11(10)14-15(13)12(9)4-2/h3-8H,1-2H2. The van der Waals surface area contributed by atoms with Crippen molar-refractivity contribution >= 4 is 24.3 Å². The summed E-state index contributed by atoms with van der Waals surface area (Å²) < 4.78 is 5.62. The average molecular weight is 237 g/mol. The SMILES string of the molecule is C=CC1=C(C=C)P(Cl)Oc2ccccc21. The summed E-state index contributed by atoms with van der Waals surface area (Å²) >= 11 is 6.15. The van der Waals surface area contributed by atoms with Crippen LogP contribution in [0.4, 0.5) is 0 Å². The molecule has 0 fully saturated rings. The Labute approximate surface area is 95.3 Å². The van der Waals surface area contributed by atoms with Gasteiger partial charge in [-0.1, -0.05) is 43.5 Å². The first kappa shape index (κ1) is 10.5. The number of fused-ring (bicyclic) bond motifs is 1. The van der Waals surface area contributed by atoms with Crippen LogP contribution in [0.3, 0.4) is 0 Å². The fourth-order valence-corrected chi connectivity index (χ4v) is 3.21. The fourth-order valence-electron chi connectivity index (χ4n) is 1.53. The summed E-state index contributed by atoms with van der Waals surface area (Å²) in [6.07, 6.45) is 3.54. The molecule has 15 heavy (non-hydrogen) atoms. The Balaban J connectivity index is 2.67. The van der Waals surface area contributed by atoms with Gasteiger partial charge in [0.25, 0.3) is 0 Å². The van der Waals surface area contributed by atoms with Crippen LogP contribution in [0, 0.1) is 0 Å². The molecule has 1 unspecified atom stereocenters. The maximum absolute atomic E-state index is 6.15. The first-order valence-electron chi connectivity index (χ1n) is 4.50. The molecule has 0 saturated heterocycles. The van der Waals surface area contributed by atoms with Crippen molar-refractivity contribution in [2.45, 2.75) is 0 Å². The van der Waals surface area contributed by atoms with Crippen molar-refractivity contribution in [2.24, 2.45) is 0 Å². The van der Waals surface area contributed by atoms with E-state index in [0.717, 1.165) is 22.2 Å². The maximum Gasteiger partial charge on any atom is 0.215 e. The van der Waals surface area contributed by atoms with Crippen molar-refractivity contribution in [1.29, 1.82) is 0 Å². The van der Waals surface area contributed by atoms with Gasteiger partial charge in [-0.05, 0) is 22.9 Å². The molecule has 2 rings (SSSR count). The van der Waals surface area contributed by atoms with Crippen LogP contribution in [0.25, 0.3) is 5.57 Å². The molecule has 1 aromatic rings. The second-order valence-electron chi connectivity index (χ2n) is 3.04. The zero-order valence-electron chi connectivity index (χ0n) is 8.11. The van der Waals surface area contributed by atoms with Crippen LogP contribution in [0.5, 0.6) is 5.75 Å². The average Bonchev–Trinajstić information content (AvgIpc) is 2.27. The molecular formula is C12H10ClOP. The van der Waals surface area contributed by atoms with E-state index >= 15 is 0 Å². The molecule has 0 amide bonds. The Morgan fingerprint density at radius 1 is 1.20 bits per heavy atom. The molecule has 1 aromatic carbocycles. The summed E-state index contributed by atoms with van der Waals surface area (Å²) in [6, 6.07) is 7.80. The quantitative estimate of drug-likeness (QED) is 0.676. The van der Waals surface area contributed by atoms with E-state index in [-0.39, 0.29) is 0 Å². The summed E-state index contributed by atoms with van der Waals surface area (Å²) in [7, 11) is -1.12. The van der Waals surface area contributed by atoms with Gasteiger partial charge in [-0.25, -0.2) is 0 Å². The molecule has 76 valence electrons. The van der Waals surface area contributed by atoms with E-state index in [1.165, 1.54) is 0 Å². The van der Waals surface area contributed by atoms with Crippen molar-refractivity contribution in [3.05, 3.63) is 60.5 Å². The van der Waals surface area contributed by atoms with Crippen LogP contribution >= 0.6 is 18.7 Å². The van der Waals surface area contributed by atoms with Crippen LogP contribution in [0.15, 0.2) is 54.9 Å². The lowest BCUT2D eigenvalue weighted by atomic mass is 10.0. The van der Waals surface area contributed by atoms with Crippen molar-refractivity contribution in [3.8, 4) is 5.75 Å². The van der Waals surface area contributed by atoms with E-state index in [4.69, 9.17) is 15.8 Å². The Kier molecular flexibility index (Phi) is 2.95. The predicted molar refractivity (Wildman–Crippen MR) is 67.2 cm³/mol.